The van der Waals surface area contributed by atoms with E-state index in [1.54, 1.807) is 43.3 Å². The zero-order chi connectivity index (χ0) is 13.8. The Morgan fingerprint density at radius 2 is 2.05 bits per heavy atom. The van der Waals surface area contributed by atoms with Gasteiger partial charge in [-0.3, -0.25) is 5.43 Å². The molecule has 3 N–H and O–H groups in total. The second-order valence-corrected chi connectivity index (χ2v) is 4.28. The highest BCUT2D eigenvalue weighted by molar-refractivity contribution is 6.30. The molecule has 0 fully saturated rings. The maximum atomic E-state index is 5.88. The van der Waals surface area contributed by atoms with E-state index in [2.05, 4.69) is 20.4 Å². The Labute approximate surface area is 115 Å². The van der Waals surface area contributed by atoms with Gasteiger partial charge >= 0.3 is 6.01 Å². The van der Waals surface area contributed by atoms with Gasteiger partial charge in [-0.2, -0.15) is 15.0 Å². The van der Waals surface area contributed by atoms with Crippen LogP contribution < -0.4 is 20.9 Å². The van der Waals surface area contributed by atoms with Gasteiger partial charge in [-0.25, -0.2) is 5.84 Å². The van der Waals surface area contributed by atoms with Crippen molar-refractivity contribution in [1.29, 1.82) is 0 Å². The highest BCUT2D eigenvalue weighted by Gasteiger charge is 2.09. The first-order valence-electron chi connectivity index (χ1n) is 5.42. The number of hydrazine groups is 1. The number of ether oxygens (including phenoxy) is 1. The summed E-state index contributed by atoms with van der Waals surface area (Å²) >= 11 is 5.88. The van der Waals surface area contributed by atoms with Gasteiger partial charge in [0, 0.05) is 19.1 Å². The SMILES string of the molecule is CN(C)c1nc(NN)nc(Oc2cccc(Cl)c2)n1. The summed E-state index contributed by atoms with van der Waals surface area (Å²) in [5, 5.41) is 0.566. The number of nitrogens with two attached hydrogens (primary N) is 1. The zero-order valence-corrected chi connectivity index (χ0v) is 11.2. The standard InChI is InChI=1S/C11H13ClN6O/c1-18(2)10-14-9(17-13)15-11(16-10)19-8-5-3-4-7(12)6-8/h3-6H,13H2,1-2H3,(H,14,15,16,17). The Balaban J connectivity index is 2.31. The van der Waals surface area contributed by atoms with E-state index >= 15 is 0 Å². The molecule has 0 aliphatic rings. The summed E-state index contributed by atoms with van der Waals surface area (Å²) in [5.41, 5.74) is 2.36. The van der Waals surface area contributed by atoms with Crippen LogP contribution in [0.25, 0.3) is 0 Å². The molecule has 2 rings (SSSR count). The first kappa shape index (κ1) is 13.3. The topological polar surface area (TPSA) is 89.2 Å². The minimum atomic E-state index is 0.133. The van der Waals surface area contributed by atoms with Gasteiger partial charge in [-0.1, -0.05) is 17.7 Å². The molecule has 0 radical (unpaired) electrons. The Bertz CT molecular complexity index is 577. The van der Waals surface area contributed by atoms with Gasteiger partial charge in [-0.05, 0) is 18.2 Å². The van der Waals surface area contributed by atoms with Gasteiger partial charge in [-0.15, -0.1) is 0 Å². The molecule has 0 amide bonds. The average Bonchev–Trinajstić information content (AvgIpc) is 2.38. The van der Waals surface area contributed by atoms with Crippen LogP contribution in [-0.4, -0.2) is 29.0 Å². The Morgan fingerprint density at radius 3 is 2.68 bits per heavy atom. The van der Waals surface area contributed by atoms with Gasteiger partial charge in [0.25, 0.3) is 0 Å². The minimum Gasteiger partial charge on any atom is -0.424 e. The van der Waals surface area contributed by atoms with Crippen LogP contribution in [-0.2, 0) is 0 Å². The molecule has 0 saturated heterocycles. The molecule has 0 aliphatic carbocycles. The molecule has 0 spiro atoms. The average molecular weight is 281 g/mol. The molecular formula is C11H13ClN6O. The summed E-state index contributed by atoms with van der Waals surface area (Å²) in [5.74, 6) is 6.49. The van der Waals surface area contributed by atoms with Crippen molar-refractivity contribution in [1.82, 2.24) is 15.0 Å². The molecule has 1 aromatic heterocycles. The van der Waals surface area contributed by atoms with Crippen LogP contribution in [0.15, 0.2) is 24.3 Å². The lowest BCUT2D eigenvalue weighted by atomic mass is 10.3. The third-order valence-electron chi connectivity index (χ3n) is 2.14. The lowest BCUT2D eigenvalue weighted by Crippen LogP contribution is -2.17. The van der Waals surface area contributed by atoms with Crippen LogP contribution in [0.2, 0.25) is 5.02 Å². The number of hydrogen-bond acceptors (Lipinski definition) is 7. The molecule has 0 atom stereocenters. The van der Waals surface area contributed by atoms with Crippen molar-refractivity contribution in [2.24, 2.45) is 5.84 Å². The fourth-order valence-electron chi connectivity index (χ4n) is 1.29. The third kappa shape index (κ3) is 3.43. The summed E-state index contributed by atoms with van der Waals surface area (Å²) in [7, 11) is 3.61. The van der Waals surface area contributed by atoms with Crippen molar-refractivity contribution < 1.29 is 4.74 Å². The number of hydrogen-bond donors (Lipinski definition) is 2. The Morgan fingerprint density at radius 1 is 1.26 bits per heavy atom. The van der Waals surface area contributed by atoms with Crippen LogP contribution in [0.3, 0.4) is 0 Å². The predicted molar refractivity (Wildman–Crippen MR) is 73.5 cm³/mol. The second-order valence-electron chi connectivity index (χ2n) is 3.84. The molecule has 0 bridgehead atoms. The molecule has 0 saturated carbocycles. The Hall–Kier alpha value is -2.12. The van der Waals surface area contributed by atoms with Crippen LogP contribution in [0.4, 0.5) is 11.9 Å². The van der Waals surface area contributed by atoms with E-state index in [-0.39, 0.29) is 12.0 Å². The van der Waals surface area contributed by atoms with Crippen LogP contribution in [0, 0.1) is 0 Å². The second kappa shape index (κ2) is 5.68. The molecule has 1 heterocycles. The van der Waals surface area contributed by atoms with E-state index in [0.717, 1.165) is 0 Å². The summed E-state index contributed by atoms with van der Waals surface area (Å²) in [6.45, 7) is 0. The zero-order valence-electron chi connectivity index (χ0n) is 10.5. The summed E-state index contributed by atoms with van der Waals surface area (Å²) < 4.78 is 5.52. The number of nitrogen functional groups attached to an aromatic ring is 1. The summed E-state index contributed by atoms with van der Waals surface area (Å²) in [4.78, 5) is 13.9. The van der Waals surface area contributed by atoms with Gasteiger partial charge in [0.2, 0.25) is 11.9 Å². The molecular weight excluding hydrogens is 268 g/mol. The largest absolute Gasteiger partial charge is 0.424 e. The van der Waals surface area contributed by atoms with Gasteiger partial charge in [0.15, 0.2) is 0 Å². The van der Waals surface area contributed by atoms with Crippen LogP contribution in [0.5, 0.6) is 11.8 Å². The maximum absolute atomic E-state index is 5.88. The number of aromatic nitrogens is 3. The van der Waals surface area contributed by atoms with Crippen molar-refractivity contribution in [2.75, 3.05) is 24.4 Å². The normalized spacial score (nSPS) is 10.1. The number of anilines is 2. The predicted octanol–water partition coefficient (Wildman–Crippen LogP) is 1.67. The highest BCUT2D eigenvalue weighted by atomic mass is 35.5. The minimum absolute atomic E-state index is 0.133. The van der Waals surface area contributed by atoms with E-state index in [0.29, 0.717) is 16.7 Å². The third-order valence-corrected chi connectivity index (χ3v) is 2.37. The summed E-state index contributed by atoms with van der Waals surface area (Å²) in [6, 6.07) is 7.07. The van der Waals surface area contributed by atoms with Crippen molar-refractivity contribution in [3.63, 3.8) is 0 Å². The van der Waals surface area contributed by atoms with E-state index in [1.807, 2.05) is 0 Å². The van der Waals surface area contributed by atoms with Crippen LogP contribution >= 0.6 is 11.6 Å². The molecule has 100 valence electrons. The fourth-order valence-corrected chi connectivity index (χ4v) is 1.47. The van der Waals surface area contributed by atoms with Crippen molar-refractivity contribution in [3.05, 3.63) is 29.3 Å². The van der Waals surface area contributed by atoms with E-state index in [4.69, 9.17) is 22.2 Å². The quantitative estimate of drug-likeness (QED) is 0.650. The van der Waals surface area contributed by atoms with Gasteiger partial charge in [0.05, 0.1) is 0 Å². The van der Waals surface area contributed by atoms with E-state index < -0.39 is 0 Å². The lowest BCUT2D eigenvalue weighted by Gasteiger charge is -2.12. The fraction of sp³-hybridized carbons (Fsp3) is 0.182. The van der Waals surface area contributed by atoms with Gasteiger partial charge in [0.1, 0.15) is 5.75 Å². The van der Waals surface area contributed by atoms with Crippen LogP contribution in [0.1, 0.15) is 0 Å². The molecule has 8 heteroatoms. The monoisotopic (exact) mass is 280 g/mol. The molecule has 0 unspecified atom stereocenters. The van der Waals surface area contributed by atoms with Crippen molar-refractivity contribution in [2.45, 2.75) is 0 Å². The first-order valence-corrected chi connectivity index (χ1v) is 5.79. The number of benzene rings is 1. The van der Waals surface area contributed by atoms with E-state index in [9.17, 15) is 0 Å². The number of nitrogens with zero attached hydrogens (tertiary/aromatic N) is 4. The van der Waals surface area contributed by atoms with Gasteiger partial charge < -0.3 is 9.64 Å². The van der Waals surface area contributed by atoms with E-state index in [1.165, 1.54) is 0 Å². The smallest absolute Gasteiger partial charge is 0.328 e. The first-order chi connectivity index (χ1) is 9.08. The number of nitrogens with one attached hydrogen (secondary N) is 1. The summed E-state index contributed by atoms with van der Waals surface area (Å²) in [6.07, 6.45) is 0. The molecule has 2 aromatic rings. The van der Waals surface area contributed by atoms with Crippen molar-refractivity contribution >= 4 is 23.5 Å². The molecule has 0 aliphatic heterocycles. The highest BCUT2D eigenvalue weighted by Crippen LogP contribution is 2.23. The Kier molecular flexibility index (Phi) is 3.98. The molecule has 1 aromatic carbocycles. The lowest BCUT2D eigenvalue weighted by molar-refractivity contribution is 0.440. The van der Waals surface area contributed by atoms with Crippen molar-refractivity contribution in [3.8, 4) is 11.8 Å². The molecule has 7 nitrogen and oxygen atoms in total. The molecule has 19 heavy (non-hydrogen) atoms. The maximum Gasteiger partial charge on any atom is 0.328 e. The number of halogens is 1. The number of rotatable bonds is 4.